The first-order valence-electron chi connectivity index (χ1n) is 8.30. The van der Waals surface area contributed by atoms with Crippen LogP contribution in [-0.4, -0.2) is 40.5 Å². The largest absolute Gasteiger partial charge is 0.492 e. The van der Waals surface area contributed by atoms with Crippen LogP contribution in [0.1, 0.15) is 30.1 Å². The maximum absolute atomic E-state index is 12.8. The fourth-order valence-corrected chi connectivity index (χ4v) is 3.62. The Morgan fingerprint density at radius 2 is 2.09 bits per heavy atom. The summed E-state index contributed by atoms with van der Waals surface area (Å²) in [6.45, 7) is 2.11. The lowest BCUT2D eigenvalue weighted by Crippen LogP contribution is -2.44. The van der Waals surface area contributed by atoms with E-state index in [0.717, 1.165) is 49.5 Å². The molecule has 5 nitrogen and oxygen atoms in total. The number of piperidine rings is 1. The molecule has 0 saturated carbocycles. The molecule has 3 heterocycles. The Morgan fingerprint density at radius 1 is 1.26 bits per heavy atom. The fourth-order valence-electron chi connectivity index (χ4n) is 3.62. The highest BCUT2D eigenvalue weighted by Crippen LogP contribution is 2.30. The minimum atomic E-state index is -0.0509. The number of aromatic nitrogens is 2. The molecular formula is C18H21N3O2. The Balaban J connectivity index is 1.37. The lowest BCUT2D eigenvalue weighted by atomic mass is 9.92. The third-order valence-corrected chi connectivity index (χ3v) is 4.94. The molecule has 0 spiro atoms. The van der Waals surface area contributed by atoms with Crippen LogP contribution in [0.4, 0.5) is 0 Å². The summed E-state index contributed by atoms with van der Waals surface area (Å²) in [5, 5.41) is 0. The van der Waals surface area contributed by atoms with Gasteiger partial charge in [0, 0.05) is 31.4 Å². The van der Waals surface area contributed by atoms with E-state index in [0.29, 0.717) is 12.5 Å². The molecule has 2 aliphatic heterocycles. The fraction of sp³-hybridized carbons (Fsp3) is 0.444. The van der Waals surface area contributed by atoms with E-state index in [4.69, 9.17) is 4.74 Å². The predicted octanol–water partition coefficient (Wildman–Crippen LogP) is 2.37. The average Bonchev–Trinajstić information content (AvgIpc) is 3.15. The summed E-state index contributed by atoms with van der Waals surface area (Å²) >= 11 is 0. The Bertz CT molecular complexity index is 675. The van der Waals surface area contributed by atoms with Gasteiger partial charge in [0.25, 0.3) is 0 Å². The molecule has 2 aromatic rings. The van der Waals surface area contributed by atoms with Crippen LogP contribution < -0.4 is 4.74 Å². The number of fused-ring (bicyclic) bond motifs is 1. The summed E-state index contributed by atoms with van der Waals surface area (Å²) in [5.74, 6) is 2.60. The van der Waals surface area contributed by atoms with E-state index in [1.807, 2.05) is 29.3 Å². The van der Waals surface area contributed by atoms with E-state index in [1.165, 1.54) is 0 Å². The number of carbonyl (C=O) groups is 1. The van der Waals surface area contributed by atoms with Crippen LogP contribution in [0.5, 0.6) is 5.75 Å². The van der Waals surface area contributed by atoms with Crippen molar-refractivity contribution in [2.75, 3.05) is 19.7 Å². The van der Waals surface area contributed by atoms with E-state index in [1.54, 1.807) is 6.20 Å². The number of nitrogens with zero attached hydrogens (tertiary/aromatic N) is 2. The Hall–Kier alpha value is -2.30. The minimum Gasteiger partial charge on any atom is -0.492 e. The van der Waals surface area contributed by atoms with Gasteiger partial charge in [-0.2, -0.15) is 0 Å². The van der Waals surface area contributed by atoms with Crippen molar-refractivity contribution in [1.29, 1.82) is 0 Å². The molecule has 1 saturated heterocycles. The van der Waals surface area contributed by atoms with Gasteiger partial charge in [0.15, 0.2) is 0 Å². The van der Waals surface area contributed by atoms with Gasteiger partial charge in [0.2, 0.25) is 5.91 Å². The number of nitrogens with one attached hydrogen (secondary N) is 1. The zero-order valence-corrected chi connectivity index (χ0v) is 13.1. The van der Waals surface area contributed by atoms with Crippen LogP contribution in [0.15, 0.2) is 36.7 Å². The smallest absolute Gasteiger partial charge is 0.229 e. The highest BCUT2D eigenvalue weighted by Gasteiger charge is 2.32. The predicted molar refractivity (Wildman–Crippen MR) is 86.3 cm³/mol. The first-order chi connectivity index (χ1) is 11.3. The molecule has 1 fully saturated rings. The van der Waals surface area contributed by atoms with Gasteiger partial charge in [-0.25, -0.2) is 4.98 Å². The van der Waals surface area contributed by atoms with Gasteiger partial charge in [-0.1, -0.05) is 18.2 Å². The summed E-state index contributed by atoms with van der Waals surface area (Å²) in [4.78, 5) is 22.3. The number of hydrogen-bond donors (Lipinski definition) is 1. The lowest BCUT2D eigenvalue weighted by molar-refractivity contribution is -0.138. The van der Waals surface area contributed by atoms with Crippen molar-refractivity contribution in [3.05, 3.63) is 48.0 Å². The zero-order valence-electron chi connectivity index (χ0n) is 13.1. The normalized spacial score (nSPS) is 21.6. The molecule has 1 atom stereocenters. The van der Waals surface area contributed by atoms with Crippen LogP contribution in [-0.2, 0) is 11.2 Å². The molecular weight excluding hydrogens is 290 g/mol. The number of rotatable bonds is 2. The second-order valence-electron chi connectivity index (χ2n) is 6.39. The summed E-state index contributed by atoms with van der Waals surface area (Å²) in [6, 6.07) is 8.01. The van der Waals surface area contributed by atoms with Crippen molar-refractivity contribution in [3.8, 4) is 5.75 Å². The van der Waals surface area contributed by atoms with E-state index >= 15 is 0 Å². The molecule has 0 aliphatic carbocycles. The van der Waals surface area contributed by atoms with Crippen LogP contribution in [0.2, 0.25) is 0 Å². The monoisotopic (exact) mass is 311 g/mol. The molecule has 23 heavy (non-hydrogen) atoms. The van der Waals surface area contributed by atoms with Crippen molar-refractivity contribution < 1.29 is 9.53 Å². The number of hydrogen-bond acceptors (Lipinski definition) is 3. The maximum atomic E-state index is 12.8. The third kappa shape index (κ3) is 2.83. The third-order valence-electron chi connectivity index (χ3n) is 4.94. The molecule has 0 bridgehead atoms. The number of H-pyrrole nitrogens is 1. The summed E-state index contributed by atoms with van der Waals surface area (Å²) in [7, 11) is 0. The molecule has 0 radical (unpaired) electrons. The van der Waals surface area contributed by atoms with Crippen LogP contribution in [0.25, 0.3) is 0 Å². The van der Waals surface area contributed by atoms with Crippen molar-refractivity contribution in [2.45, 2.75) is 25.2 Å². The molecule has 5 heteroatoms. The summed E-state index contributed by atoms with van der Waals surface area (Å²) in [5.41, 5.74) is 1.14. The Morgan fingerprint density at radius 3 is 2.87 bits per heavy atom. The number of aromatic amines is 1. The van der Waals surface area contributed by atoms with E-state index < -0.39 is 0 Å². The molecule has 1 N–H and O–H groups in total. The molecule has 0 unspecified atom stereocenters. The van der Waals surface area contributed by atoms with Gasteiger partial charge >= 0.3 is 0 Å². The highest BCUT2D eigenvalue weighted by molar-refractivity contribution is 5.80. The number of imidazole rings is 1. The van der Waals surface area contributed by atoms with Crippen molar-refractivity contribution in [3.63, 3.8) is 0 Å². The number of amides is 1. The summed E-state index contributed by atoms with van der Waals surface area (Å²) < 4.78 is 5.77. The molecule has 1 amide bonds. The van der Waals surface area contributed by atoms with Crippen LogP contribution >= 0.6 is 0 Å². The average molecular weight is 311 g/mol. The number of para-hydroxylation sites is 1. The number of benzene rings is 1. The van der Waals surface area contributed by atoms with Gasteiger partial charge in [-0.05, 0) is 30.9 Å². The SMILES string of the molecule is O=C([C@H]1COc2ccccc2C1)N1CCC(c2ncc[nH]2)CC1. The van der Waals surface area contributed by atoms with Gasteiger partial charge in [-0.15, -0.1) is 0 Å². The first kappa shape index (κ1) is 14.3. The number of ether oxygens (including phenoxy) is 1. The topological polar surface area (TPSA) is 58.2 Å². The molecule has 120 valence electrons. The minimum absolute atomic E-state index is 0.0509. The van der Waals surface area contributed by atoms with Crippen molar-refractivity contribution >= 4 is 5.91 Å². The molecule has 4 rings (SSSR count). The lowest BCUT2D eigenvalue weighted by Gasteiger charge is -2.35. The second kappa shape index (κ2) is 6.07. The van der Waals surface area contributed by atoms with E-state index in [-0.39, 0.29) is 11.8 Å². The zero-order chi connectivity index (χ0) is 15.6. The van der Waals surface area contributed by atoms with Gasteiger partial charge < -0.3 is 14.6 Å². The molecule has 2 aliphatic rings. The number of carbonyl (C=O) groups excluding carboxylic acids is 1. The van der Waals surface area contributed by atoms with Gasteiger partial charge in [-0.3, -0.25) is 4.79 Å². The van der Waals surface area contributed by atoms with E-state index in [2.05, 4.69) is 16.0 Å². The first-order valence-corrected chi connectivity index (χ1v) is 8.30. The van der Waals surface area contributed by atoms with E-state index in [9.17, 15) is 4.79 Å². The van der Waals surface area contributed by atoms with Gasteiger partial charge in [0.05, 0.1) is 5.92 Å². The summed E-state index contributed by atoms with van der Waals surface area (Å²) in [6.07, 6.45) is 6.40. The quantitative estimate of drug-likeness (QED) is 0.926. The molecule has 1 aromatic carbocycles. The van der Waals surface area contributed by atoms with Crippen LogP contribution in [0, 0.1) is 5.92 Å². The number of likely N-dealkylation sites (tertiary alicyclic amines) is 1. The van der Waals surface area contributed by atoms with Crippen molar-refractivity contribution in [2.24, 2.45) is 5.92 Å². The standard InChI is InChI=1S/C18H21N3O2/c22-18(15-11-14-3-1-2-4-16(14)23-12-15)21-9-5-13(6-10-21)17-19-7-8-20-17/h1-4,7-8,13,15H,5-6,9-12H2,(H,19,20)/t15-/m1/s1. The van der Waals surface area contributed by atoms with Gasteiger partial charge in [0.1, 0.15) is 18.2 Å². The van der Waals surface area contributed by atoms with Crippen molar-refractivity contribution in [1.82, 2.24) is 14.9 Å². The highest BCUT2D eigenvalue weighted by atomic mass is 16.5. The molecule has 1 aromatic heterocycles. The Kier molecular flexibility index (Phi) is 3.77. The van der Waals surface area contributed by atoms with Crippen LogP contribution in [0.3, 0.4) is 0 Å². The maximum Gasteiger partial charge on any atom is 0.229 e. The Labute approximate surface area is 135 Å². The second-order valence-corrected chi connectivity index (χ2v) is 6.39.